The van der Waals surface area contributed by atoms with Crippen LogP contribution in [0.15, 0.2) is 54.6 Å². The molecule has 0 unspecified atom stereocenters. The third-order valence-electron chi connectivity index (χ3n) is 4.44. The van der Waals surface area contributed by atoms with Crippen molar-refractivity contribution in [3.05, 3.63) is 71.3 Å². The molecule has 0 saturated carbocycles. The first-order valence-electron chi connectivity index (χ1n) is 9.48. The Bertz CT molecular complexity index is 767. The lowest BCUT2D eigenvalue weighted by atomic mass is 9.85. The number of Topliss-reactive ketones (excluding diaryl/α,β-unsaturated/α-hetero) is 2. The maximum Gasteiger partial charge on any atom is 0.193 e. The van der Waals surface area contributed by atoms with Crippen LogP contribution in [0.1, 0.15) is 73.7 Å². The quantitative estimate of drug-likeness (QED) is 0.711. The molecule has 4 heteroatoms. The molecule has 0 aliphatic carbocycles. The van der Waals surface area contributed by atoms with Gasteiger partial charge in [0, 0.05) is 11.1 Å². The van der Waals surface area contributed by atoms with E-state index in [1.807, 2.05) is 30.3 Å². The molecule has 0 atom stereocenters. The fraction of sp³-hybridized carbons (Fsp3) is 0.417. The summed E-state index contributed by atoms with van der Waals surface area (Å²) in [5, 5.41) is 18.6. The molecule has 2 aromatic rings. The molecule has 0 fully saturated rings. The molecular formula is C24H32O4. The van der Waals surface area contributed by atoms with E-state index in [9.17, 15) is 14.7 Å². The molecule has 0 spiro atoms. The van der Waals surface area contributed by atoms with Crippen LogP contribution in [0.2, 0.25) is 0 Å². The summed E-state index contributed by atoms with van der Waals surface area (Å²) in [5.41, 5.74) is 0.441. The Kier molecular flexibility index (Phi) is 8.28. The second-order valence-corrected chi connectivity index (χ2v) is 8.40. The second kappa shape index (κ2) is 9.76. The molecule has 0 heterocycles. The third-order valence-corrected chi connectivity index (χ3v) is 4.44. The molecule has 0 radical (unpaired) electrons. The number of carbonyl (C=O) groups is 2. The number of hydrogen-bond acceptors (Lipinski definition) is 4. The van der Waals surface area contributed by atoms with Gasteiger partial charge >= 0.3 is 0 Å². The summed E-state index contributed by atoms with van der Waals surface area (Å²) in [6.07, 6.45) is 0. The van der Waals surface area contributed by atoms with Gasteiger partial charge in [-0.25, -0.2) is 0 Å². The van der Waals surface area contributed by atoms with E-state index in [1.54, 1.807) is 38.1 Å². The second-order valence-electron chi connectivity index (χ2n) is 8.40. The standard InChI is InChI=1S/C13H18O2.C11H14O2/c1-9(2)10-5-7-11(8-6-10)12(14)13(3,4)15;1-11(2,8-12)10(13)9-6-4-3-5-7-9/h5-9,15H,1-4H3;3-7,12H,8H2,1-2H3. The zero-order chi connectivity index (χ0) is 21.5. The molecule has 2 aromatic carbocycles. The van der Waals surface area contributed by atoms with E-state index >= 15 is 0 Å². The number of benzene rings is 2. The van der Waals surface area contributed by atoms with Gasteiger partial charge in [-0.1, -0.05) is 82.3 Å². The van der Waals surface area contributed by atoms with E-state index in [0.29, 0.717) is 17.0 Å². The van der Waals surface area contributed by atoms with Gasteiger partial charge in [-0.3, -0.25) is 9.59 Å². The van der Waals surface area contributed by atoms with Crippen molar-refractivity contribution in [1.29, 1.82) is 0 Å². The first-order chi connectivity index (χ1) is 12.9. The summed E-state index contributed by atoms with van der Waals surface area (Å²) in [7, 11) is 0. The lowest BCUT2D eigenvalue weighted by Crippen LogP contribution is -2.31. The Morgan fingerprint density at radius 3 is 1.68 bits per heavy atom. The van der Waals surface area contributed by atoms with E-state index in [-0.39, 0.29) is 18.2 Å². The highest BCUT2D eigenvalue weighted by Crippen LogP contribution is 2.20. The van der Waals surface area contributed by atoms with Gasteiger partial charge in [0.15, 0.2) is 11.6 Å². The maximum absolute atomic E-state index is 11.7. The third kappa shape index (κ3) is 6.70. The lowest BCUT2D eigenvalue weighted by molar-refractivity contribution is 0.0488. The van der Waals surface area contributed by atoms with Crippen molar-refractivity contribution in [1.82, 2.24) is 0 Å². The minimum atomic E-state index is -1.29. The van der Waals surface area contributed by atoms with Crippen LogP contribution in [0.25, 0.3) is 0 Å². The zero-order valence-corrected chi connectivity index (χ0v) is 17.7. The average Bonchev–Trinajstić information content (AvgIpc) is 2.67. The van der Waals surface area contributed by atoms with Crippen molar-refractivity contribution in [2.45, 2.75) is 53.1 Å². The van der Waals surface area contributed by atoms with Gasteiger partial charge < -0.3 is 10.2 Å². The van der Waals surface area contributed by atoms with Crippen molar-refractivity contribution in [2.24, 2.45) is 5.41 Å². The zero-order valence-electron chi connectivity index (χ0n) is 17.7. The minimum absolute atomic E-state index is 0.0180. The summed E-state index contributed by atoms with van der Waals surface area (Å²) in [6, 6.07) is 16.4. The fourth-order valence-corrected chi connectivity index (χ4v) is 2.42. The first-order valence-corrected chi connectivity index (χ1v) is 9.48. The molecule has 0 amide bonds. The van der Waals surface area contributed by atoms with Crippen LogP contribution in [-0.4, -0.2) is 34.0 Å². The molecule has 0 bridgehead atoms. The summed E-state index contributed by atoms with van der Waals surface area (Å²) < 4.78 is 0. The number of ketones is 2. The Labute approximate surface area is 168 Å². The summed E-state index contributed by atoms with van der Waals surface area (Å²) in [5.74, 6) is 0.199. The van der Waals surface area contributed by atoms with Crippen LogP contribution < -0.4 is 0 Å². The van der Waals surface area contributed by atoms with Gasteiger partial charge in [0.05, 0.1) is 12.0 Å². The van der Waals surface area contributed by atoms with Crippen LogP contribution >= 0.6 is 0 Å². The largest absolute Gasteiger partial charge is 0.395 e. The van der Waals surface area contributed by atoms with Crippen molar-refractivity contribution < 1.29 is 19.8 Å². The van der Waals surface area contributed by atoms with Crippen LogP contribution in [0.4, 0.5) is 0 Å². The Hall–Kier alpha value is -2.30. The highest BCUT2D eigenvalue weighted by atomic mass is 16.3. The molecule has 152 valence electrons. The molecule has 4 nitrogen and oxygen atoms in total. The van der Waals surface area contributed by atoms with Crippen LogP contribution in [0.3, 0.4) is 0 Å². The maximum atomic E-state index is 11.7. The van der Waals surface area contributed by atoms with E-state index in [1.165, 1.54) is 19.4 Å². The Morgan fingerprint density at radius 1 is 0.821 bits per heavy atom. The summed E-state index contributed by atoms with van der Waals surface area (Å²) in [6.45, 7) is 10.6. The van der Waals surface area contributed by atoms with E-state index in [4.69, 9.17) is 5.11 Å². The summed E-state index contributed by atoms with van der Waals surface area (Å²) in [4.78, 5) is 23.4. The summed E-state index contributed by atoms with van der Waals surface area (Å²) >= 11 is 0. The first kappa shape index (κ1) is 23.7. The van der Waals surface area contributed by atoms with Crippen LogP contribution in [0, 0.1) is 5.41 Å². The SMILES string of the molecule is CC(C)(CO)C(=O)c1ccccc1.CC(C)c1ccc(C(=O)C(C)(C)O)cc1. The van der Waals surface area contributed by atoms with Crippen molar-refractivity contribution in [3.63, 3.8) is 0 Å². The molecule has 2 rings (SSSR count). The predicted octanol–water partition coefficient (Wildman–Crippen LogP) is 4.65. The van der Waals surface area contributed by atoms with Gasteiger partial charge in [-0.15, -0.1) is 0 Å². The smallest absolute Gasteiger partial charge is 0.193 e. The minimum Gasteiger partial charge on any atom is -0.395 e. The van der Waals surface area contributed by atoms with Gasteiger partial charge in [0.25, 0.3) is 0 Å². The Balaban J connectivity index is 0.000000283. The number of carbonyl (C=O) groups excluding carboxylic acids is 2. The normalized spacial score (nSPS) is 11.6. The van der Waals surface area contributed by atoms with Crippen molar-refractivity contribution >= 4 is 11.6 Å². The van der Waals surface area contributed by atoms with Gasteiger partial charge in [-0.05, 0) is 25.3 Å². The molecule has 0 saturated heterocycles. The highest BCUT2D eigenvalue weighted by Gasteiger charge is 2.27. The molecule has 2 N–H and O–H groups in total. The van der Waals surface area contributed by atoms with E-state index in [0.717, 1.165) is 0 Å². The number of rotatable bonds is 6. The van der Waals surface area contributed by atoms with Crippen LogP contribution in [0.5, 0.6) is 0 Å². The Morgan fingerprint density at radius 2 is 1.29 bits per heavy atom. The van der Waals surface area contributed by atoms with Gasteiger partial charge in [-0.2, -0.15) is 0 Å². The average molecular weight is 385 g/mol. The lowest BCUT2D eigenvalue weighted by Gasteiger charge is -2.19. The fourth-order valence-electron chi connectivity index (χ4n) is 2.42. The molecule has 28 heavy (non-hydrogen) atoms. The van der Waals surface area contributed by atoms with Gasteiger partial charge in [0.2, 0.25) is 0 Å². The van der Waals surface area contributed by atoms with E-state index < -0.39 is 11.0 Å². The molecule has 0 aliphatic heterocycles. The highest BCUT2D eigenvalue weighted by molar-refractivity contribution is 6.01. The molecule has 0 aromatic heterocycles. The molecular weight excluding hydrogens is 352 g/mol. The van der Waals surface area contributed by atoms with Crippen molar-refractivity contribution in [3.8, 4) is 0 Å². The monoisotopic (exact) mass is 384 g/mol. The van der Waals surface area contributed by atoms with E-state index in [2.05, 4.69) is 13.8 Å². The topological polar surface area (TPSA) is 74.6 Å². The number of aliphatic hydroxyl groups is 2. The number of aliphatic hydroxyl groups excluding tert-OH is 1. The van der Waals surface area contributed by atoms with Crippen molar-refractivity contribution in [2.75, 3.05) is 6.61 Å². The predicted molar refractivity (Wildman–Crippen MR) is 113 cm³/mol. The van der Waals surface area contributed by atoms with Gasteiger partial charge in [0.1, 0.15) is 5.60 Å². The number of hydrogen-bond donors (Lipinski definition) is 2. The molecule has 0 aliphatic rings. The van der Waals surface area contributed by atoms with Crippen LogP contribution in [-0.2, 0) is 0 Å².